The first-order valence-electron chi connectivity index (χ1n) is 7.09. The molecule has 2 saturated carbocycles. The molecule has 3 heteroatoms. The Kier molecular flexibility index (Phi) is 4.06. The summed E-state index contributed by atoms with van der Waals surface area (Å²) in [5.41, 5.74) is -0.237. The fourth-order valence-electron chi connectivity index (χ4n) is 3.13. The van der Waals surface area contributed by atoms with Gasteiger partial charge in [0, 0.05) is 12.1 Å². The second-order valence-electron chi connectivity index (χ2n) is 5.77. The third-order valence-electron chi connectivity index (χ3n) is 4.64. The monoisotopic (exact) mass is 235 g/mol. The third kappa shape index (κ3) is 2.64. The summed E-state index contributed by atoms with van der Waals surface area (Å²) >= 11 is 0. The van der Waals surface area contributed by atoms with Crippen LogP contribution in [0.4, 0.5) is 0 Å². The molecule has 0 spiro atoms. The Hall–Kier alpha value is -0.590. The molecule has 17 heavy (non-hydrogen) atoms. The lowest BCUT2D eigenvalue weighted by atomic mass is 9.90. The Labute approximate surface area is 105 Å². The van der Waals surface area contributed by atoms with Crippen LogP contribution in [0.3, 0.4) is 0 Å². The second kappa shape index (κ2) is 5.37. The largest absolute Gasteiger partial charge is 0.300 e. The van der Waals surface area contributed by atoms with Crippen LogP contribution in [-0.2, 0) is 0 Å². The van der Waals surface area contributed by atoms with Gasteiger partial charge in [-0.05, 0) is 52.1 Å². The molecule has 0 aromatic carbocycles. The van der Waals surface area contributed by atoms with Gasteiger partial charge in [0.15, 0.2) is 0 Å². The van der Waals surface area contributed by atoms with Gasteiger partial charge in [0.25, 0.3) is 0 Å². The van der Waals surface area contributed by atoms with E-state index in [-0.39, 0.29) is 5.54 Å². The van der Waals surface area contributed by atoms with Crippen LogP contribution in [0.1, 0.15) is 51.9 Å². The van der Waals surface area contributed by atoms with E-state index in [4.69, 9.17) is 0 Å². The van der Waals surface area contributed by atoms with Crippen LogP contribution >= 0.6 is 0 Å². The summed E-state index contributed by atoms with van der Waals surface area (Å²) in [6, 6.07) is 3.94. The van der Waals surface area contributed by atoms with Gasteiger partial charge in [0.2, 0.25) is 0 Å². The highest BCUT2D eigenvalue weighted by atomic mass is 15.2. The molecule has 0 amide bonds. The number of rotatable bonds is 5. The molecule has 2 unspecified atom stereocenters. The van der Waals surface area contributed by atoms with E-state index in [1.54, 1.807) is 0 Å². The van der Waals surface area contributed by atoms with E-state index in [1.165, 1.54) is 25.7 Å². The van der Waals surface area contributed by atoms with Gasteiger partial charge in [0.1, 0.15) is 5.54 Å². The third-order valence-corrected chi connectivity index (χ3v) is 4.64. The Morgan fingerprint density at radius 1 is 1.35 bits per heavy atom. The van der Waals surface area contributed by atoms with Gasteiger partial charge in [-0.15, -0.1) is 0 Å². The van der Waals surface area contributed by atoms with Crippen molar-refractivity contribution in [2.75, 3.05) is 13.6 Å². The zero-order valence-electron chi connectivity index (χ0n) is 11.2. The standard InChI is InChI=1S/C14H25N3/c1-3-9-16-14(11-15)8-7-13(10-14)17(2)12-5-4-6-12/h12-13,16H,3-10H2,1-2H3. The van der Waals surface area contributed by atoms with Crippen LogP contribution in [0.5, 0.6) is 0 Å². The van der Waals surface area contributed by atoms with Crippen LogP contribution < -0.4 is 5.32 Å². The van der Waals surface area contributed by atoms with Gasteiger partial charge in [0.05, 0.1) is 6.07 Å². The number of nitrogens with zero attached hydrogens (tertiary/aromatic N) is 2. The Bertz CT molecular complexity index is 292. The minimum Gasteiger partial charge on any atom is -0.300 e. The molecule has 2 atom stereocenters. The maximum atomic E-state index is 9.42. The van der Waals surface area contributed by atoms with Crippen molar-refractivity contribution in [1.82, 2.24) is 10.2 Å². The first-order chi connectivity index (χ1) is 8.21. The van der Waals surface area contributed by atoms with Gasteiger partial charge in [-0.3, -0.25) is 5.32 Å². The van der Waals surface area contributed by atoms with E-state index in [1.807, 2.05) is 0 Å². The van der Waals surface area contributed by atoms with Crippen LogP contribution in [0.15, 0.2) is 0 Å². The van der Waals surface area contributed by atoms with Crippen LogP contribution in [-0.4, -0.2) is 36.1 Å². The van der Waals surface area contributed by atoms with Crippen molar-refractivity contribution in [1.29, 1.82) is 5.26 Å². The first kappa shape index (κ1) is 12.9. The van der Waals surface area contributed by atoms with Crippen LogP contribution in [0, 0.1) is 11.3 Å². The molecule has 2 fully saturated rings. The average Bonchev–Trinajstić information content (AvgIpc) is 2.69. The Balaban J connectivity index is 1.90. The first-order valence-corrected chi connectivity index (χ1v) is 7.09. The minimum absolute atomic E-state index is 0.237. The minimum atomic E-state index is -0.237. The molecule has 0 heterocycles. The molecule has 0 aliphatic heterocycles. The predicted molar refractivity (Wildman–Crippen MR) is 69.7 cm³/mol. The zero-order valence-corrected chi connectivity index (χ0v) is 11.2. The van der Waals surface area contributed by atoms with E-state index < -0.39 is 0 Å². The SMILES string of the molecule is CCCNC1(C#N)CCC(N(C)C2CCC2)C1. The molecule has 96 valence electrons. The lowest BCUT2D eigenvalue weighted by molar-refractivity contribution is 0.109. The molecule has 0 aromatic rings. The van der Waals surface area contributed by atoms with Crippen molar-refractivity contribution >= 4 is 0 Å². The summed E-state index contributed by atoms with van der Waals surface area (Å²) < 4.78 is 0. The highest BCUT2D eigenvalue weighted by Crippen LogP contribution is 2.36. The summed E-state index contributed by atoms with van der Waals surface area (Å²) in [6.07, 6.45) is 8.41. The summed E-state index contributed by atoms with van der Waals surface area (Å²) in [4.78, 5) is 2.54. The lowest BCUT2D eigenvalue weighted by Crippen LogP contribution is -2.46. The van der Waals surface area contributed by atoms with Crippen molar-refractivity contribution in [3.63, 3.8) is 0 Å². The van der Waals surface area contributed by atoms with Crippen LogP contribution in [0.25, 0.3) is 0 Å². The highest BCUT2D eigenvalue weighted by molar-refractivity contribution is 5.13. The number of nitriles is 1. The maximum absolute atomic E-state index is 9.42. The maximum Gasteiger partial charge on any atom is 0.108 e. The smallest absolute Gasteiger partial charge is 0.108 e. The van der Waals surface area contributed by atoms with Crippen molar-refractivity contribution in [2.24, 2.45) is 0 Å². The summed E-state index contributed by atoms with van der Waals surface area (Å²) in [6.45, 7) is 3.12. The van der Waals surface area contributed by atoms with Crippen molar-refractivity contribution in [3.8, 4) is 6.07 Å². The van der Waals surface area contributed by atoms with Crippen molar-refractivity contribution in [3.05, 3.63) is 0 Å². The van der Waals surface area contributed by atoms with E-state index in [9.17, 15) is 5.26 Å². The molecular weight excluding hydrogens is 210 g/mol. The molecule has 0 bridgehead atoms. The molecule has 2 rings (SSSR count). The predicted octanol–water partition coefficient (Wildman–Crippen LogP) is 2.29. The molecule has 1 N–H and O–H groups in total. The number of hydrogen-bond acceptors (Lipinski definition) is 3. The fourth-order valence-corrected chi connectivity index (χ4v) is 3.13. The molecular formula is C14H25N3. The molecule has 0 radical (unpaired) electrons. The summed E-state index contributed by atoms with van der Waals surface area (Å²) in [5, 5.41) is 12.9. The number of hydrogen-bond donors (Lipinski definition) is 1. The Morgan fingerprint density at radius 2 is 2.12 bits per heavy atom. The van der Waals surface area contributed by atoms with Gasteiger partial charge in [-0.2, -0.15) is 5.26 Å². The van der Waals surface area contributed by atoms with E-state index >= 15 is 0 Å². The average molecular weight is 235 g/mol. The van der Waals surface area contributed by atoms with Gasteiger partial charge in [-0.1, -0.05) is 13.3 Å². The molecule has 0 aromatic heterocycles. The van der Waals surface area contributed by atoms with E-state index in [2.05, 4.69) is 30.3 Å². The number of nitrogens with one attached hydrogen (secondary N) is 1. The quantitative estimate of drug-likeness (QED) is 0.794. The summed E-state index contributed by atoms with van der Waals surface area (Å²) in [7, 11) is 2.25. The van der Waals surface area contributed by atoms with E-state index in [0.717, 1.165) is 31.8 Å². The van der Waals surface area contributed by atoms with E-state index in [0.29, 0.717) is 6.04 Å². The van der Waals surface area contributed by atoms with Crippen molar-refractivity contribution in [2.45, 2.75) is 69.5 Å². The lowest BCUT2D eigenvalue weighted by Gasteiger charge is -2.39. The normalized spacial score (nSPS) is 33.6. The second-order valence-corrected chi connectivity index (χ2v) is 5.77. The zero-order chi connectivity index (χ0) is 12.3. The fraction of sp³-hybridized carbons (Fsp3) is 0.929. The molecule has 0 saturated heterocycles. The summed E-state index contributed by atoms with van der Waals surface area (Å²) in [5.74, 6) is 0. The van der Waals surface area contributed by atoms with Crippen LogP contribution in [0.2, 0.25) is 0 Å². The van der Waals surface area contributed by atoms with Gasteiger partial charge < -0.3 is 4.90 Å². The van der Waals surface area contributed by atoms with Gasteiger partial charge >= 0.3 is 0 Å². The highest BCUT2D eigenvalue weighted by Gasteiger charge is 2.42. The topological polar surface area (TPSA) is 39.1 Å². The van der Waals surface area contributed by atoms with Gasteiger partial charge in [-0.25, -0.2) is 0 Å². The molecule has 3 nitrogen and oxygen atoms in total. The van der Waals surface area contributed by atoms with Crippen molar-refractivity contribution < 1.29 is 0 Å². The molecule has 2 aliphatic rings. The molecule has 2 aliphatic carbocycles. The Morgan fingerprint density at radius 3 is 2.65 bits per heavy atom.